The SMILES string of the molecule is Cc1cc(C)c(OCC(=O)Nc2ccc3nc(C)sc3c2)c(C)c1. The summed E-state index contributed by atoms with van der Waals surface area (Å²) in [6, 6.07) is 9.84. The number of aryl methyl sites for hydroxylation is 4. The Hall–Kier alpha value is -2.40. The van der Waals surface area contributed by atoms with E-state index in [0.717, 1.165) is 37.8 Å². The molecule has 4 nitrogen and oxygen atoms in total. The fourth-order valence-corrected chi connectivity index (χ4v) is 3.71. The maximum Gasteiger partial charge on any atom is 0.262 e. The highest BCUT2D eigenvalue weighted by atomic mass is 32.1. The van der Waals surface area contributed by atoms with Gasteiger partial charge < -0.3 is 10.1 Å². The number of ether oxygens (including phenoxy) is 1. The molecule has 0 fully saturated rings. The highest BCUT2D eigenvalue weighted by molar-refractivity contribution is 7.18. The van der Waals surface area contributed by atoms with Gasteiger partial charge >= 0.3 is 0 Å². The van der Waals surface area contributed by atoms with E-state index in [4.69, 9.17) is 4.74 Å². The zero-order valence-corrected chi connectivity index (χ0v) is 15.1. The first-order chi connectivity index (χ1) is 11.4. The van der Waals surface area contributed by atoms with Gasteiger partial charge in [-0.05, 0) is 57.0 Å². The van der Waals surface area contributed by atoms with Gasteiger partial charge in [-0.1, -0.05) is 17.7 Å². The van der Waals surface area contributed by atoms with Crippen molar-refractivity contribution >= 4 is 33.1 Å². The van der Waals surface area contributed by atoms with Crippen LogP contribution in [0.5, 0.6) is 5.75 Å². The van der Waals surface area contributed by atoms with E-state index in [1.807, 2.05) is 45.9 Å². The van der Waals surface area contributed by atoms with Crippen LogP contribution in [0.1, 0.15) is 21.7 Å². The minimum atomic E-state index is -0.171. The molecule has 24 heavy (non-hydrogen) atoms. The molecular weight excluding hydrogens is 320 g/mol. The first-order valence-corrected chi connectivity index (χ1v) is 8.62. The van der Waals surface area contributed by atoms with E-state index in [2.05, 4.69) is 22.4 Å². The summed E-state index contributed by atoms with van der Waals surface area (Å²) < 4.78 is 6.79. The molecule has 124 valence electrons. The van der Waals surface area contributed by atoms with Crippen molar-refractivity contribution in [1.29, 1.82) is 0 Å². The number of rotatable bonds is 4. The fraction of sp³-hybridized carbons (Fsp3) is 0.263. The van der Waals surface area contributed by atoms with Gasteiger partial charge in [0.15, 0.2) is 6.61 Å². The number of hydrogen-bond acceptors (Lipinski definition) is 4. The van der Waals surface area contributed by atoms with E-state index in [-0.39, 0.29) is 12.5 Å². The molecule has 2 aromatic carbocycles. The predicted molar refractivity (Wildman–Crippen MR) is 99.1 cm³/mol. The summed E-state index contributed by atoms with van der Waals surface area (Å²) in [4.78, 5) is 16.6. The van der Waals surface area contributed by atoms with Gasteiger partial charge in [-0.2, -0.15) is 0 Å². The third kappa shape index (κ3) is 3.57. The fourth-order valence-electron chi connectivity index (χ4n) is 2.85. The van der Waals surface area contributed by atoms with Crippen molar-refractivity contribution in [2.75, 3.05) is 11.9 Å². The Balaban J connectivity index is 1.67. The van der Waals surface area contributed by atoms with Crippen LogP contribution in [0.2, 0.25) is 0 Å². The molecule has 0 spiro atoms. The van der Waals surface area contributed by atoms with E-state index in [0.29, 0.717) is 0 Å². The van der Waals surface area contributed by atoms with Crippen LogP contribution in [0, 0.1) is 27.7 Å². The lowest BCUT2D eigenvalue weighted by Crippen LogP contribution is -2.20. The molecule has 0 aliphatic carbocycles. The van der Waals surface area contributed by atoms with Gasteiger partial charge in [-0.3, -0.25) is 4.79 Å². The number of aromatic nitrogens is 1. The number of hydrogen-bond donors (Lipinski definition) is 1. The zero-order chi connectivity index (χ0) is 17.3. The lowest BCUT2D eigenvalue weighted by atomic mass is 10.1. The summed E-state index contributed by atoms with van der Waals surface area (Å²) >= 11 is 1.62. The molecule has 0 unspecified atom stereocenters. The number of carbonyl (C=O) groups excluding carboxylic acids is 1. The molecule has 0 saturated carbocycles. The highest BCUT2D eigenvalue weighted by Gasteiger charge is 2.09. The number of anilines is 1. The summed E-state index contributed by atoms with van der Waals surface area (Å²) in [5, 5.41) is 3.89. The van der Waals surface area contributed by atoms with Crippen molar-refractivity contribution in [2.45, 2.75) is 27.7 Å². The highest BCUT2D eigenvalue weighted by Crippen LogP contribution is 2.26. The van der Waals surface area contributed by atoms with Crippen molar-refractivity contribution < 1.29 is 9.53 Å². The number of nitrogens with one attached hydrogen (secondary N) is 1. The van der Waals surface area contributed by atoms with E-state index < -0.39 is 0 Å². The summed E-state index contributed by atoms with van der Waals surface area (Å²) in [7, 11) is 0. The first-order valence-electron chi connectivity index (χ1n) is 7.80. The molecule has 1 amide bonds. The topological polar surface area (TPSA) is 51.2 Å². The number of benzene rings is 2. The molecule has 0 aliphatic rings. The van der Waals surface area contributed by atoms with Gasteiger partial charge in [-0.25, -0.2) is 4.98 Å². The first kappa shape index (κ1) is 16.5. The van der Waals surface area contributed by atoms with Crippen LogP contribution in [0.4, 0.5) is 5.69 Å². The maximum atomic E-state index is 12.2. The average Bonchev–Trinajstić information content (AvgIpc) is 2.85. The summed E-state index contributed by atoms with van der Waals surface area (Å²) in [6.07, 6.45) is 0. The van der Waals surface area contributed by atoms with Crippen LogP contribution in [0.25, 0.3) is 10.2 Å². The van der Waals surface area contributed by atoms with Crippen molar-refractivity contribution in [2.24, 2.45) is 0 Å². The normalized spacial score (nSPS) is 10.8. The largest absolute Gasteiger partial charge is 0.483 e. The molecule has 0 bridgehead atoms. The van der Waals surface area contributed by atoms with Crippen molar-refractivity contribution in [3.63, 3.8) is 0 Å². The van der Waals surface area contributed by atoms with Crippen molar-refractivity contribution in [3.05, 3.63) is 52.0 Å². The van der Waals surface area contributed by atoms with Gasteiger partial charge in [0.1, 0.15) is 5.75 Å². The number of nitrogens with zero attached hydrogens (tertiary/aromatic N) is 1. The second kappa shape index (κ2) is 6.61. The van der Waals surface area contributed by atoms with E-state index >= 15 is 0 Å². The van der Waals surface area contributed by atoms with Crippen LogP contribution in [0.3, 0.4) is 0 Å². The van der Waals surface area contributed by atoms with E-state index in [1.54, 1.807) is 11.3 Å². The Morgan fingerprint density at radius 2 is 1.83 bits per heavy atom. The quantitative estimate of drug-likeness (QED) is 0.758. The van der Waals surface area contributed by atoms with Crippen LogP contribution in [0.15, 0.2) is 30.3 Å². The molecule has 1 N–H and O–H groups in total. The Bertz CT molecular complexity index is 892. The molecule has 0 radical (unpaired) electrons. The minimum absolute atomic E-state index is 0.00943. The third-order valence-corrected chi connectivity index (χ3v) is 4.66. The second-order valence-electron chi connectivity index (χ2n) is 5.98. The summed E-state index contributed by atoms with van der Waals surface area (Å²) in [5.74, 6) is 0.610. The molecule has 5 heteroatoms. The summed E-state index contributed by atoms with van der Waals surface area (Å²) in [5.41, 5.74) is 4.99. The van der Waals surface area contributed by atoms with Gasteiger partial charge in [0.2, 0.25) is 0 Å². The lowest BCUT2D eigenvalue weighted by Gasteiger charge is -2.13. The number of amides is 1. The lowest BCUT2D eigenvalue weighted by molar-refractivity contribution is -0.118. The molecule has 1 aromatic heterocycles. The van der Waals surface area contributed by atoms with E-state index in [9.17, 15) is 4.79 Å². The van der Waals surface area contributed by atoms with Crippen LogP contribution >= 0.6 is 11.3 Å². The Morgan fingerprint density at radius 3 is 2.54 bits per heavy atom. The Kier molecular flexibility index (Phi) is 4.53. The molecule has 0 atom stereocenters. The molecule has 1 heterocycles. The standard InChI is InChI=1S/C19H20N2O2S/c1-11-7-12(2)19(13(3)8-11)23-10-18(22)21-15-5-6-16-17(9-15)24-14(4)20-16/h5-9H,10H2,1-4H3,(H,21,22). The molecular formula is C19H20N2O2S. The zero-order valence-electron chi connectivity index (χ0n) is 14.3. The second-order valence-corrected chi connectivity index (χ2v) is 7.21. The minimum Gasteiger partial charge on any atom is -0.483 e. The smallest absolute Gasteiger partial charge is 0.262 e. The molecule has 0 saturated heterocycles. The van der Waals surface area contributed by atoms with Crippen molar-refractivity contribution in [1.82, 2.24) is 4.98 Å². The maximum absolute atomic E-state index is 12.2. The number of carbonyl (C=O) groups is 1. The molecule has 3 rings (SSSR count). The van der Waals surface area contributed by atoms with Gasteiger partial charge in [-0.15, -0.1) is 11.3 Å². The monoisotopic (exact) mass is 340 g/mol. The predicted octanol–water partition coefficient (Wildman–Crippen LogP) is 4.55. The average molecular weight is 340 g/mol. The molecule has 3 aromatic rings. The summed E-state index contributed by atoms with van der Waals surface area (Å²) in [6.45, 7) is 8.00. The van der Waals surface area contributed by atoms with Crippen LogP contribution < -0.4 is 10.1 Å². The Morgan fingerprint density at radius 1 is 1.12 bits per heavy atom. The number of fused-ring (bicyclic) bond motifs is 1. The van der Waals surface area contributed by atoms with Gasteiger partial charge in [0.25, 0.3) is 5.91 Å². The van der Waals surface area contributed by atoms with Gasteiger partial charge in [0.05, 0.1) is 15.2 Å². The molecule has 0 aliphatic heterocycles. The van der Waals surface area contributed by atoms with Crippen LogP contribution in [-0.4, -0.2) is 17.5 Å². The van der Waals surface area contributed by atoms with E-state index in [1.165, 1.54) is 5.56 Å². The Labute approximate surface area is 145 Å². The number of thiazole rings is 1. The van der Waals surface area contributed by atoms with Gasteiger partial charge in [0, 0.05) is 5.69 Å². The third-order valence-electron chi connectivity index (χ3n) is 3.73. The van der Waals surface area contributed by atoms with Crippen LogP contribution in [-0.2, 0) is 4.79 Å². The van der Waals surface area contributed by atoms with Crippen molar-refractivity contribution in [3.8, 4) is 5.75 Å².